The molecular formula is C16H16N2O4S. The molecule has 120 valence electrons. The van der Waals surface area contributed by atoms with E-state index in [-0.39, 0.29) is 11.6 Å². The molecule has 2 rings (SSSR count). The van der Waals surface area contributed by atoms with E-state index in [0.717, 1.165) is 21.8 Å². The third kappa shape index (κ3) is 5.91. The van der Waals surface area contributed by atoms with Crippen LogP contribution in [0, 0.1) is 10.1 Å². The number of carbonyl (C=O) groups excluding carboxylic acids is 1. The lowest BCUT2D eigenvalue weighted by Crippen LogP contribution is -2.24. The van der Waals surface area contributed by atoms with Gasteiger partial charge in [-0.1, -0.05) is 47.7 Å². The smallest absolute Gasteiger partial charge is 0.407 e. The van der Waals surface area contributed by atoms with E-state index in [4.69, 9.17) is 4.74 Å². The average Bonchev–Trinajstić information content (AvgIpc) is 3.03. The van der Waals surface area contributed by atoms with Gasteiger partial charge in [-0.25, -0.2) is 4.79 Å². The van der Waals surface area contributed by atoms with E-state index in [1.54, 1.807) is 12.1 Å². The molecule has 1 aromatic heterocycles. The number of benzene rings is 1. The molecular weight excluding hydrogens is 316 g/mol. The van der Waals surface area contributed by atoms with Crippen molar-refractivity contribution in [3.8, 4) is 0 Å². The molecule has 1 N–H and O–H groups in total. The Hall–Kier alpha value is -2.67. The summed E-state index contributed by atoms with van der Waals surface area (Å²) in [5.41, 5.74) is 0.932. The Kier molecular flexibility index (Phi) is 6.31. The minimum atomic E-state index is -0.464. The summed E-state index contributed by atoms with van der Waals surface area (Å²) in [4.78, 5) is 22.5. The predicted molar refractivity (Wildman–Crippen MR) is 89.3 cm³/mol. The summed E-state index contributed by atoms with van der Waals surface area (Å²) >= 11 is 1.11. The number of hydrogen-bond donors (Lipinski definition) is 1. The van der Waals surface area contributed by atoms with Gasteiger partial charge in [0.05, 0.1) is 4.92 Å². The summed E-state index contributed by atoms with van der Waals surface area (Å²) in [5.74, 6) is 0. The standard InChI is InChI=1S/C16H16N2O4S/c19-16(22-12-13-6-2-1-3-7-13)17-11-5-4-8-14-9-10-15(23-14)18(20)21/h1-4,6-10H,5,11-12H2,(H,17,19). The van der Waals surface area contributed by atoms with E-state index in [2.05, 4.69) is 5.32 Å². The normalized spacial score (nSPS) is 10.6. The fourth-order valence-corrected chi connectivity index (χ4v) is 2.51. The molecule has 6 nitrogen and oxygen atoms in total. The van der Waals surface area contributed by atoms with E-state index in [9.17, 15) is 14.9 Å². The molecule has 0 aliphatic heterocycles. The number of nitro groups is 1. The summed E-state index contributed by atoms with van der Waals surface area (Å²) in [7, 11) is 0. The van der Waals surface area contributed by atoms with E-state index >= 15 is 0 Å². The molecule has 0 spiro atoms. The number of hydrogen-bond acceptors (Lipinski definition) is 5. The van der Waals surface area contributed by atoms with Crippen molar-refractivity contribution in [2.24, 2.45) is 0 Å². The van der Waals surface area contributed by atoms with Crippen LogP contribution in [0.3, 0.4) is 0 Å². The Balaban J connectivity index is 1.63. The maximum atomic E-state index is 11.5. The van der Waals surface area contributed by atoms with E-state index in [1.807, 2.05) is 36.4 Å². The van der Waals surface area contributed by atoms with Crippen LogP contribution >= 0.6 is 11.3 Å². The van der Waals surface area contributed by atoms with Gasteiger partial charge in [-0.3, -0.25) is 10.1 Å². The van der Waals surface area contributed by atoms with Crippen molar-refractivity contribution in [2.75, 3.05) is 6.54 Å². The first-order chi connectivity index (χ1) is 11.1. The molecule has 0 saturated carbocycles. The molecule has 0 saturated heterocycles. The summed E-state index contributed by atoms with van der Waals surface area (Å²) < 4.78 is 5.08. The quantitative estimate of drug-likeness (QED) is 0.472. The van der Waals surface area contributed by atoms with Crippen molar-refractivity contribution in [1.29, 1.82) is 0 Å². The van der Waals surface area contributed by atoms with Gasteiger partial charge in [0, 0.05) is 17.5 Å². The Morgan fingerprint density at radius 2 is 2.04 bits per heavy atom. The molecule has 0 fully saturated rings. The minimum absolute atomic E-state index is 0.118. The largest absolute Gasteiger partial charge is 0.445 e. The number of nitrogens with zero attached hydrogens (tertiary/aromatic N) is 1. The van der Waals surface area contributed by atoms with Gasteiger partial charge in [-0.05, 0) is 24.1 Å². The highest BCUT2D eigenvalue weighted by atomic mass is 32.1. The molecule has 0 aliphatic carbocycles. The molecule has 0 aliphatic rings. The van der Waals surface area contributed by atoms with Gasteiger partial charge in [0.25, 0.3) is 0 Å². The van der Waals surface area contributed by atoms with E-state index in [1.165, 1.54) is 6.07 Å². The van der Waals surface area contributed by atoms with Crippen LogP contribution in [0.5, 0.6) is 0 Å². The monoisotopic (exact) mass is 332 g/mol. The number of carbonyl (C=O) groups is 1. The fraction of sp³-hybridized carbons (Fsp3) is 0.188. The van der Waals surface area contributed by atoms with Gasteiger partial charge < -0.3 is 10.1 Å². The number of rotatable bonds is 7. The van der Waals surface area contributed by atoms with Gasteiger partial charge in [-0.15, -0.1) is 0 Å². The Labute approximate surface area is 137 Å². The van der Waals surface area contributed by atoms with Crippen molar-refractivity contribution in [2.45, 2.75) is 13.0 Å². The van der Waals surface area contributed by atoms with Crippen LogP contribution in [-0.2, 0) is 11.3 Å². The number of amides is 1. The second-order valence-electron chi connectivity index (χ2n) is 4.61. The molecule has 23 heavy (non-hydrogen) atoms. The van der Waals surface area contributed by atoms with Crippen LogP contribution in [0.2, 0.25) is 0 Å². The average molecular weight is 332 g/mol. The lowest BCUT2D eigenvalue weighted by atomic mass is 10.2. The minimum Gasteiger partial charge on any atom is -0.445 e. The third-order valence-electron chi connectivity index (χ3n) is 2.87. The molecule has 2 aromatic rings. The fourth-order valence-electron chi connectivity index (χ4n) is 1.76. The van der Waals surface area contributed by atoms with E-state index in [0.29, 0.717) is 13.0 Å². The van der Waals surface area contributed by atoms with Crippen LogP contribution in [0.1, 0.15) is 16.9 Å². The second-order valence-corrected chi connectivity index (χ2v) is 5.71. The molecule has 1 heterocycles. The molecule has 1 amide bonds. The van der Waals surface area contributed by atoms with Crippen LogP contribution in [-0.4, -0.2) is 17.6 Å². The van der Waals surface area contributed by atoms with Gasteiger partial charge >= 0.3 is 11.1 Å². The van der Waals surface area contributed by atoms with Crippen molar-refractivity contribution in [3.05, 3.63) is 69.1 Å². The first-order valence-corrected chi connectivity index (χ1v) is 7.82. The molecule has 7 heteroatoms. The molecule has 0 unspecified atom stereocenters. The van der Waals surface area contributed by atoms with Gasteiger partial charge in [0.1, 0.15) is 6.61 Å². The van der Waals surface area contributed by atoms with Crippen LogP contribution in [0.25, 0.3) is 6.08 Å². The van der Waals surface area contributed by atoms with E-state index < -0.39 is 11.0 Å². The zero-order valence-corrected chi connectivity index (χ0v) is 13.1. The van der Waals surface area contributed by atoms with Crippen LogP contribution < -0.4 is 5.32 Å². The summed E-state index contributed by atoms with van der Waals surface area (Å²) in [5, 5.41) is 13.3. The van der Waals surface area contributed by atoms with Gasteiger partial charge in [0.15, 0.2) is 0 Å². The topological polar surface area (TPSA) is 81.5 Å². The predicted octanol–water partition coefficient (Wildman–Crippen LogP) is 3.99. The molecule has 1 aromatic carbocycles. The lowest BCUT2D eigenvalue weighted by molar-refractivity contribution is -0.380. The highest BCUT2D eigenvalue weighted by molar-refractivity contribution is 7.16. The Bertz CT molecular complexity index is 682. The van der Waals surface area contributed by atoms with Crippen molar-refractivity contribution >= 4 is 28.5 Å². The zero-order valence-electron chi connectivity index (χ0n) is 12.3. The highest BCUT2D eigenvalue weighted by Crippen LogP contribution is 2.24. The Morgan fingerprint density at radius 3 is 2.74 bits per heavy atom. The zero-order chi connectivity index (χ0) is 16.5. The summed E-state index contributed by atoms with van der Waals surface area (Å²) in [6.07, 6.45) is 3.81. The SMILES string of the molecule is O=C(NCCC=Cc1ccc([N+](=O)[O-])s1)OCc1ccccc1. The highest BCUT2D eigenvalue weighted by Gasteiger charge is 2.07. The number of alkyl carbamates (subject to hydrolysis) is 1. The molecule has 0 atom stereocenters. The summed E-state index contributed by atoms with van der Waals surface area (Å²) in [6.45, 7) is 0.680. The van der Waals surface area contributed by atoms with Gasteiger partial charge in [-0.2, -0.15) is 0 Å². The number of thiophene rings is 1. The molecule has 0 radical (unpaired) electrons. The molecule has 0 bridgehead atoms. The second kappa shape index (κ2) is 8.70. The van der Waals surface area contributed by atoms with Crippen molar-refractivity contribution < 1.29 is 14.5 Å². The maximum Gasteiger partial charge on any atom is 0.407 e. The lowest BCUT2D eigenvalue weighted by Gasteiger charge is -2.05. The number of nitrogens with one attached hydrogen (secondary N) is 1. The van der Waals surface area contributed by atoms with Gasteiger partial charge in [0.2, 0.25) is 0 Å². The first kappa shape index (κ1) is 16.7. The first-order valence-electron chi connectivity index (χ1n) is 7.00. The number of ether oxygens (including phenoxy) is 1. The van der Waals surface area contributed by atoms with Crippen LogP contribution in [0.15, 0.2) is 48.5 Å². The Morgan fingerprint density at radius 1 is 1.26 bits per heavy atom. The maximum absolute atomic E-state index is 11.5. The third-order valence-corrected chi connectivity index (χ3v) is 3.87. The van der Waals surface area contributed by atoms with Crippen molar-refractivity contribution in [3.63, 3.8) is 0 Å². The summed E-state index contributed by atoms with van der Waals surface area (Å²) in [6, 6.07) is 12.6. The van der Waals surface area contributed by atoms with Crippen LogP contribution in [0.4, 0.5) is 9.80 Å². The van der Waals surface area contributed by atoms with Crippen molar-refractivity contribution in [1.82, 2.24) is 5.32 Å².